The lowest BCUT2D eigenvalue weighted by Crippen LogP contribution is -2.07. The predicted molar refractivity (Wildman–Crippen MR) is 106 cm³/mol. The second-order valence-corrected chi connectivity index (χ2v) is 8.88. The first-order valence-electron chi connectivity index (χ1n) is 8.01. The maximum absolute atomic E-state index is 6.34. The number of hydrogen-bond acceptors (Lipinski definition) is 3. The zero-order valence-electron chi connectivity index (χ0n) is 13.3. The number of hydrogen-bond donors (Lipinski definition) is 1. The molecule has 0 bridgehead atoms. The van der Waals surface area contributed by atoms with Gasteiger partial charge in [-0.3, -0.25) is 0 Å². The van der Waals surface area contributed by atoms with Gasteiger partial charge in [-0.05, 0) is 71.9 Å². The molecule has 0 amide bonds. The van der Waals surface area contributed by atoms with Crippen LogP contribution in [0.4, 0.5) is 5.82 Å². The summed E-state index contributed by atoms with van der Waals surface area (Å²) in [6.07, 6.45) is 3.41. The number of nitrogens with one attached hydrogen (secondary N) is 1. The first kappa shape index (κ1) is 16.2. The summed E-state index contributed by atoms with van der Waals surface area (Å²) < 4.78 is 3.13. The Kier molecular flexibility index (Phi) is 4.41. The van der Waals surface area contributed by atoms with Crippen LogP contribution in [0.1, 0.15) is 24.0 Å². The quantitative estimate of drug-likeness (QED) is 0.543. The molecule has 0 saturated carbocycles. The molecular weight excluding hydrogens is 406 g/mol. The van der Waals surface area contributed by atoms with Crippen LogP contribution in [0.5, 0.6) is 0 Å². The average molecular weight is 423 g/mol. The van der Waals surface area contributed by atoms with Gasteiger partial charge in [-0.25, -0.2) is 4.68 Å². The lowest BCUT2D eigenvalue weighted by Gasteiger charge is -2.10. The Morgan fingerprint density at radius 3 is 2.88 bits per heavy atom. The summed E-state index contributed by atoms with van der Waals surface area (Å²) in [5, 5.41) is 9.29. The van der Waals surface area contributed by atoms with Crippen molar-refractivity contribution in [3.8, 4) is 16.3 Å². The van der Waals surface area contributed by atoms with Crippen LogP contribution in [0.25, 0.3) is 16.3 Å². The van der Waals surface area contributed by atoms with E-state index in [2.05, 4.69) is 39.4 Å². The normalized spacial score (nSPS) is 14.1. The van der Waals surface area contributed by atoms with Crippen molar-refractivity contribution in [3.63, 3.8) is 0 Å². The average Bonchev–Trinajstić information content (AvgIpc) is 3.06. The molecule has 3 heterocycles. The number of fused-ring (bicyclic) bond motifs is 1. The molecule has 0 spiro atoms. The predicted octanol–water partition coefficient (Wildman–Crippen LogP) is 6.07. The van der Waals surface area contributed by atoms with Gasteiger partial charge in [0.25, 0.3) is 0 Å². The molecule has 0 aliphatic carbocycles. The minimum atomic E-state index is 0.769. The minimum absolute atomic E-state index is 0.769. The standard InChI is InChI=1S/C18H17BrClN3S/c1-11-5-6-12(10-14(11)20)23-18-13(4-2-3-9-21-18)17(22-23)15-7-8-16(19)24-15/h5-8,10,21H,2-4,9H2,1H3. The van der Waals surface area contributed by atoms with E-state index in [1.807, 2.05) is 23.7 Å². The van der Waals surface area contributed by atoms with Crippen molar-refractivity contribution in [1.82, 2.24) is 9.78 Å². The molecule has 1 aliphatic heterocycles. The van der Waals surface area contributed by atoms with Crippen LogP contribution in [-0.2, 0) is 6.42 Å². The third-order valence-corrected chi connectivity index (χ3v) is 6.37. The molecule has 0 fully saturated rings. The van der Waals surface area contributed by atoms with Crippen LogP contribution < -0.4 is 5.32 Å². The second-order valence-electron chi connectivity index (χ2n) is 6.01. The van der Waals surface area contributed by atoms with E-state index in [0.29, 0.717) is 0 Å². The van der Waals surface area contributed by atoms with Gasteiger partial charge >= 0.3 is 0 Å². The highest BCUT2D eigenvalue weighted by molar-refractivity contribution is 9.11. The summed E-state index contributed by atoms with van der Waals surface area (Å²) in [5.41, 5.74) is 4.46. The van der Waals surface area contributed by atoms with Gasteiger partial charge in [-0.2, -0.15) is 5.10 Å². The molecular formula is C18H17BrClN3S. The van der Waals surface area contributed by atoms with Crippen LogP contribution in [0, 0.1) is 6.92 Å². The van der Waals surface area contributed by atoms with Crippen molar-refractivity contribution in [3.05, 3.63) is 50.3 Å². The lowest BCUT2D eigenvalue weighted by atomic mass is 10.1. The Balaban J connectivity index is 1.90. The van der Waals surface area contributed by atoms with E-state index >= 15 is 0 Å². The molecule has 1 aliphatic rings. The van der Waals surface area contributed by atoms with Gasteiger partial charge in [-0.15, -0.1) is 11.3 Å². The van der Waals surface area contributed by atoms with E-state index in [9.17, 15) is 0 Å². The Morgan fingerprint density at radius 2 is 2.12 bits per heavy atom. The first-order chi connectivity index (χ1) is 11.6. The molecule has 24 heavy (non-hydrogen) atoms. The first-order valence-corrected chi connectivity index (χ1v) is 10.0. The molecule has 4 rings (SSSR count). The van der Waals surface area contributed by atoms with Crippen molar-refractivity contribution < 1.29 is 0 Å². The van der Waals surface area contributed by atoms with Crippen LogP contribution in [-0.4, -0.2) is 16.3 Å². The van der Waals surface area contributed by atoms with E-state index in [1.165, 1.54) is 23.3 Å². The lowest BCUT2D eigenvalue weighted by molar-refractivity contribution is 0.780. The Bertz CT molecular complexity index is 900. The summed E-state index contributed by atoms with van der Waals surface area (Å²) in [4.78, 5) is 1.19. The molecule has 6 heteroatoms. The van der Waals surface area contributed by atoms with Gasteiger partial charge < -0.3 is 5.32 Å². The maximum Gasteiger partial charge on any atom is 0.133 e. The van der Waals surface area contributed by atoms with Crippen molar-refractivity contribution in [2.24, 2.45) is 0 Å². The largest absolute Gasteiger partial charge is 0.370 e. The summed E-state index contributed by atoms with van der Waals surface area (Å²) >= 11 is 11.6. The number of halogens is 2. The number of aryl methyl sites for hydroxylation is 1. The fourth-order valence-electron chi connectivity index (χ4n) is 3.04. The number of thiophene rings is 1. The van der Waals surface area contributed by atoms with Gasteiger partial charge in [-0.1, -0.05) is 17.7 Å². The summed E-state index contributed by atoms with van der Waals surface area (Å²) in [5.74, 6) is 1.10. The smallest absolute Gasteiger partial charge is 0.133 e. The summed E-state index contributed by atoms with van der Waals surface area (Å²) in [7, 11) is 0. The Labute approximate surface area is 158 Å². The second kappa shape index (κ2) is 6.54. The van der Waals surface area contributed by atoms with Crippen LogP contribution in [0.3, 0.4) is 0 Å². The van der Waals surface area contributed by atoms with Gasteiger partial charge in [0.2, 0.25) is 0 Å². The van der Waals surface area contributed by atoms with Crippen molar-refractivity contribution in [2.75, 3.05) is 11.9 Å². The van der Waals surface area contributed by atoms with E-state index in [4.69, 9.17) is 16.7 Å². The molecule has 0 atom stereocenters. The zero-order valence-corrected chi connectivity index (χ0v) is 16.4. The third-order valence-electron chi connectivity index (χ3n) is 4.34. The van der Waals surface area contributed by atoms with Crippen molar-refractivity contribution >= 4 is 44.7 Å². The highest BCUT2D eigenvalue weighted by atomic mass is 79.9. The van der Waals surface area contributed by atoms with E-state index < -0.39 is 0 Å². The van der Waals surface area contributed by atoms with Crippen molar-refractivity contribution in [2.45, 2.75) is 26.2 Å². The molecule has 0 radical (unpaired) electrons. The number of aromatic nitrogens is 2. The molecule has 3 nitrogen and oxygen atoms in total. The Morgan fingerprint density at radius 1 is 1.25 bits per heavy atom. The highest BCUT2D eigenvalue weighted by Crippen LogP contribution is 2.38. The summed E-state index contributed by atoms with van der Waals surface area (Å²) in [6.45, 7) is 2.99. The molecule has 0 unspecified atom stereocenters. The van der Waals surface area contributed by atoms with Crippen LogP contribution >= 0.6 is 38.9 Å². The van der Waals surface area contributed by atoms with Crippen LogP contribution in [0.15, 0.2) is 34.1 Å². The Hall–Kier alpha value is -1.30. The van der Waals surface area contributed by atoms with Crippen LogP contribution in [0.2, 0.25) is 5.02 Å². The fourth-order valence-corrected chi connectivity index (χ4v) is 4.62. The monoisotopic (exact) mass is 421 g/mol. The molecule has 1 N–H and O–H groups in total. The molecule has 124 valence electrons. The fraction of sp³-hybridized carbons (Fsp3) is 0.278. The van der Waals surface area contributed by atoms with E-state index in [0.717, 1.165) is 44.5 Å². The maximum atomic E-state index is 6.34. The SMILES string of the molecule is Cc1ccc(-n2nc(-c3ccc(Br)s3)c3c2NCCCC3)cc1Cl. The van der Waals surface area contributed by atoms with E-state index in [1.54, 1.807) is 11.3 Å². The van der Waals surface area contributed by atoms with E-state index in [-0.39, 0.29) is 0 Å². The molecule has 3 aromatic rings. The molecule has 0 saturated heterocycles. The van der Waals surface area contributed by atoms with Gasteiger partial charge in [0.05, 0.1) is 14.4 Å². The number of rotatable bonds is 2. The number of nitrogens with zero attached hydrogens (tertiary/aromatic N) is 2. The molecule has 1 aromatic carbocycles. The summed E-state index contributed by atoms with van der Waals surface area (Å²) in [6, 6.07) is 10.3. The van der Waals surface area contributed by atoms with Gasteiger partial charge in [0.15, 0.2) is 0 Å². The van der Waals surface area contributed by atoms with Gasteiger partial charge in [0.1, 0.15) is 11.5 Å². The zero-order chi connectivity index (χ0) is 16.7. The van der Waals surface area contributed by atoms with Crippen molar-refractivity contribution in [1.29, 1.82) is 0 Å². The van der Waals surface area contributed by atoms with Gasteiger partial charge in [0, 0.05) is 17.1 Å². The molecule has 2 aromatic heterocycles. The topological polar surface area (TPSA) is 29.9 Å². The highest BCUT2D eigenvalue weighted by Gasteiger charge is 2.22. The number of benzene rings is 1. The number of anilines is 1. The minimum Gasteiger partial charge on any atom is -0.370 e. The third kappa shape index (κ3) is 2.89.